The monoisotopic (exact) mass is 292 g/mol. The summed E-state index contributed by atoms with van der Waals surface area (Å²) in [5.41, 5.74) is 2.68. The molecule has 0 aliphatic rings. The van der Waals surface area contributed by atoms with Crippen molar-refractivity contribution in [3.63, 3.8) is 0 Å². The van der Waals surface area contributed by atoms with Crippen LogP contribution in [-0.4, -0.2) is 11.5 Å². The number of hydrogen-bond acceptors (Lipinski definition) is 4. The van der Waals surface area contributed by atoms with Crippen LogP contribution >= 0.6 is 23.1 Å². The van der Waals surface area contributed by atoms with Crippen molar-refractivity contribution >= 4 is 28.2 Å². The average Bonchev–Trinajstić information content (AvgIpc) is 2.83. The molecular weight excluding hydrogens is 272 g/mol. The second kappa shape index (κ2) is 6.96. The lowest BCUT2D eigenvalue weighted by Crippen LogP contribution is -1.97. The van der Waals surface area contributed by atoms with Gasteiger partial charge >= 0.3 is 0 Å². The summed E-state index contributed by atoms with van der Waals surface area (Å²) in [4.78, 5) is 7.08. The van der Waals surface area contributed by atoms with Crippen LogP contribution in [0.1, 0.15) is 29.3 Å². The van der Waals surface area contributed by atoms with Crippen LogP contribution < -0.4 is 5.32 Å². The summed E-state index contributed by atoms with van der Waals surface area (Å²) in [7, 11) is 0. The first-order valence-corrected chi connectivity index (χ1v) is 8.38. The highest BCUT2D eigenvalue weighted by Crippen LogP contribution is 2.29. The molecule has 2 rings (SSSR count). The number of thiazole rings is 1. The first kappa shape index (κ1) is 14.4. The maximum Gasteiger partial charge on any atom is 0.182 e. The minimum absolute atomic E-state index is 0.995. The molecule has 0 unspecified atom stereocenters. The Bertz CT molecular complexity index is 535. The zero-order chi connectivity index (χ0) is 13.7. The Labute approximate surface area is 123 Å². The van der Waals surface area contributed by atoms with Crippen molar-refractivity contribution in [1.82, 2.24) is 4.98 Å². The molecule has 2 aromatic rings. The van der Waals surface area contributed by atoms with E-state index in [1.807, 2.05) is 18.0 Å². The molecule has 19 heavy (non-hydrogen) atoms. The van der Waals surface area contributed by atoms with E-state index in [-0.39, 0.29) is 0 Å². The van der Waals surface area contributed by atoms with Crippen molar-refractivity contribution in [2.45, 2.75) is 37.8 Å². The summed E-state index contributed by atoms with van der Waals surface area (Å²) in [6, 6.07) is 6.63. The molecule has 1 N–H and O–H groups in total. The van der Waals surface area contributed by atoms with Crippen LogP contribution in [0.15, 0.2) is 29.3 Å². The number of benzene rings is 1. The zero-order valence-electron chi connectivity index (χ0n) is 11.7. The molecule has 0 radical (unpaired) electrons. The molecule has 1 heterocycles. The van der Waals surface area contributed by atoms with Crippen LogP contribution in [0.25, 0.3) is 0 Å². The first-order chi connectivity index (χ1) is 9.19. The molecule has 0 fully saturated rings. The highest BCUT2D eigenvalue weighted by Gasteiger charge is 2.04. The van der Waals surface area contributed by atoms with E-state index in [0.29, 0.717) is 0 Å². The Hall–Kier alpha value is -1.00. The van der Waals surface area contributed by atoms with Crippen molar-refractivity contribution < 1.29 is 0 Å². The summed E-state index contributed by atoms with van der Waals surface area (Å²) in [6.07, 6.45) is 3.12. The van der Waals surface area contributed by atoms with Gasteiger partial charge in [-0.15, -0.1) is 23.1 Å². The number of rotatable bonds is 6. The van der Waals surface area contributed by atoms with Gasteiger partial charge in [0.25, 0.3) is 0 Å². The van der Waals surface area contributed by atoms with E-state index in [1.54, 1.807) is 11.3 Å². The number of nitrogens with zero attached hydrogens (tertiary/aromatic N) is 1. The Morgan fingerprint density at radius 1 is 1.32 bits per heavy atom. The maximum atomic E-state index is 4.40. The largest absolute Gasteiger partial charge is 0.362 e. The first-order valence-electron chi connectivity index (χ1n) is 6.57. The molecule has 4 heteroatoms. The topological polar surface area (TPSA) is 24.9 Å². The highest BCUT2D eigenvalue weighted by atomic mass is 32.2. The lowest BCUT2D eigenvalue weighted by molar-refractivity contribution is 0.976. The summed E-state index contributed by atoms with van der Waals surface area (Å²) < 4.78 is 0. The van der Waals surface area contributed by atoms with Gasteiger partial charge in [0.1, 0.15) is 0 Å². The van der Waals surface area contributed by atoms with Gasteiger partial charge in [0.05, 0.1) is 0 Å². The van der Waals surface area contributed by atoms with Crippen molar-refractivity contribution in [2.75, 3.05) is 11.9 Å². The molecule has 0 aliphatic carbocycles. The summed E-state index contributed by atoms with van der Waals surface area (Å²) in [5, 5.41) is 4.37. The number of hydrogen-bond donors (Lipinski definition) is 1. The molecule has 1 aromatic carbocycles. The predicted molar refractivity (Wildman–Crippen MR) is 86.4 cm³/mol. The third-order valence-corrected chi connectivity index (χ3v) is 5.14. The number of nitrogens with one attached hydrogen (secondary N) is 1. The highest BCUT2D eigenvalue weighted by molar-refractivity contribution is 7.98. The molecule has 0 amide bonds. The van der Waals surface area contributed by atoms with E-state index in [9.17, 15) is 0 Å². The predicted octanol–water partition coefficient (Wildman–Crippen LogP) is 4.87. The minimum atomic E-state index is 0.995. The normalized spacial score (nSPS) is 10.7. The van der Waals surface area contributed by atoms with Crippen molar-refractivity contribution in [1.29, 1.82) is 0 Å². The van der Waals surface area contributed by atoms with E-state index in [0.717, 1.165) is 23.8 Å². The SMILES string of the molecule is CCCNc1ncc(CSc2ccc(C)cc2C)s1. The van der Waals surface area contributed by atoms with Gasteiger partial charge in [-0.2, -0.15) is 0 Å². The lowest BCUT2D eigenvalue weighted by Gasteiger charge is -2.05. The fraction of sp³-hybridized carbons (Fsp3) is 0.400. The van der Waals surface area contributed by atoms with E-state index < -0.39 is 0 Å². The van der Waals surface area contributed by atoms with Gasteiger partial charge in [-0.05, 0) is 31.9 Å². The van der Waals surface area contributed by atoms with Crippen LogP contribution in [-0.2, 0) is 5.75 Å². The second-order valence-electron chi connectivity index (χ2n) is 4.62. The van der Waals surface area contributed by atoms with Gasteiger partial charge in [0.2, 0.25) is 0 Å². The fourth-order valence-electron chi connectivity index (χ4n) is 1.80. The molecule has 0 aliphatic heterocycles. The minimum Gasteiger partial charge on any atom is -0.362 e. The maximum absolute atomic E-state index is 4.40. The second-order valence-corrected chi connectivity index (χ2v) is 6.75. The van der Waals surface area contributed by atoms with Gasteiger partial charge in [-0.3, -0.25) is 0 Å². The van der Waals surface area contributed by atoms with Crippen LogP contribution in [0.3, 0.4) is 0 Å². The Morgan fingerprint density at radius 2 is 2.16 bits per heavy atom. The Balaban J connectivity index is 1.92. The van der Waals surface area contributed by atoms with Crippen LogP contribution in [0.5, 0.6) is 0 Å². The summed E-state index contributed by atoms with van der Waals surface area (Å²) in [6.45, 7) is 7.47. The van der Waals surface area contributed by atoms with E-state index in [2.05, 4.69) is 49.3 Å². The quantitative estimate of drug-likeness (QED) is 0.769. The van der Waals surface area contributed by atoms with Crippen LogP contribution in [0, 0.1) is 13.8 Å². The molecule has 0 saturated carbocycles. The number of aromatic nitrogens is 1. The molecular formula is C15H20N2S2. The Morgan fingerprint density at radius 3 is 2.89 bits per heavy atom. The lowest BCUT2D eigenvalue weighted by atomic mass is 10.2. The van der Waals surface area contributed by atoms with Crippen molar-refractivity contribution in [3.8, 4) is 0 Å². The number of thioether (sulfide) groups is 1. The van der Waals surface area contributed by atoms with E-state index in [4.69, 9.17) is 0 Å². The van der Waals surface area contributed by atoms with Crippen LogP contribution in [0.2, 0.25) is 0 Å². The Kier molecular flexibility index (Phi) is 5.28. The van der Waals surface area contributed by atoms with Gasteiger partial charge < -0.3 is 5.32 Å². The van der Waals surface area contributed by atoms with Crippen LogP contribution in [0.4, 0.5) is 5.13 Å². The molecule has 0 atom stereocenters. The van der Waals surface area contributed by atoms with Gasteiger partial charge in [-0.1, -0.05) is 24.6 Å². The molecule has 1 aromatic heterocycles. The van der Waals surface area contributed by atoms with Crippen molar-refractivity contribution in [2.24, 2.45) is 0 Å². The molecule has 0 spiro atoms. The number of anilines is 1. The molecule has 2 nitrogen and oxygen atoms in total. The number of aryl methyl sites for hydroxylation is 2. The third kappa shape index (κ3) is 4.25. The summed E-state index contributed by atoms with van der Waals surface area (Å²) >= 11 is 3.65. The summed E-state index contributed by atoms with van der Waals surface area (Å²) in [5.74, 6) is 0.995. The fourth-order valence-corrected chi connectivity index (χ4v) is 3.67. The van der Waals surface area contributed by atoms with Gasteiger partial charge in [-0.25, -0.2) is 4.98 Å². The average molecular weight is 292 g/mol. The van der Waals surface area contributed by atoms with E-state index >= 15 is 0 Å². The third-order valence-electron chi connectivity index (χ3n) is 2.78. The van der Waals surface area contributed by atoms with Gasteiger partial charge in [0, 0.05) is 28.3 Å². The molecule has 102 valence electrons. The standard InChI is InChI=1S/C15H20N2S2/c1-4-7-16-15-17-9-13(19-15)10-18-14-6-5-11(2)8-12(14)3/h5-6,8-9H,4,7,10H2,1-3H3,(H,16,17). The van der Waals surface area contributed by atoms with Crippen molar-refractivity contribution in [3.05, 3.63) is 40.4 Å². The molecule has 0 bridgehead atoms. The van der Waals surface area contributed by atoms with Gasteiger partial charge in [0.15, 0.2) is 5.13 Å². The zero-order valence-corrected chi connectivity index (χ0v) is 13.3. The van der Waals surface area contributed by atoms with E-state index in [1.165, 1.54) is 20.9 Å². The smallest absolute Gasteiger partial charge is 0.182 e. The molecule has 0 saturated heterocycles.